The molecule has 3 aromatic heterocycles. The smallest absolute Gasteiger partial charge is 0.341 e. The Labute approximate surface area is 178 Å². The van der Waals surface area contributed by atoms with Gasteiger partial charge in [0.15, 0.2) is 11.4 Å². The summed E-state index contributed by atoms with van der Waals surface area (Å²) in [6.45, 7) is 5.44. The second-order valence-corrected chi connectivity index (χ2v) is 8.29. The number of pyridine rings is 1. The molecule has 1 aliphatic rings. The molecule has 0 aliphatic carbocycles. The van der Waals surface area contributed by atoms with Crippen molar-refractivity contribution in [3.8, 4) is 5.75 Å². The Kier molecular flexibility index (Phi) is 5.48. The number of hydrogen-bond acceptors (Lipinski definition) is 7. The van der Waals surface area contributed by atoms with E-state index in [9.17, 15) is 9.59 Å². The van der Waals surface area contributed by atoms with E-state index < -0.39 is 5.97 Å². The molecule has 30 heavy (non-hydrogen) atoms. The normalized spacial score (nSPS) is 13.9. The Morgan fingerprint density at radius 1 is 1.37 bits per heavy atom. The zero-order valence-electron chi connectivity index (χ0n) is 17.4. The molecular weight excluding hydrogens is 404 g/mol. The summed E-state index contributed by atoms with van der Waals surface area (Å²) in [5.74, 6) is -0.140. The number of carbonyl (C=O) groups excluding carboxylic acids is 2. The molecule has 0 aromatic carbocycles. The van der Waals surface area contributed by atoms with E-state index >= 15 is 0 Å². The molecule has 158 valence electrons. The molecule has 0 fully saturated rings. The van der Waals surface area contributed by atoms with Gasteiger partial charge in [0.25, 0.3) is 5.91 Å². The van der Waals surface area contributed by atoms with Crippen LogP contribution in [0.5, 0.6) is 5.75 Å². The summed E-state index contributed by atoms with van der Waals surface area (Å²) in [6, 6.07) is 3.60. The van der Waals surface area contributed by atoms with Gasteiger partial charge in [-0.25, -0.2) is 9.78 Å². The molecule has 1 amide bonds. The fraction of sp³-hybridized carbons (Fsp3) is 0.381. The third kappa shape index (κ3) is 3.44. The van der Waals surface area contributed by atoms with Crippen molar-refractivity contribution >= 4 is 33.9 Å². The van der Waals surface area contributed by atoms with Gasteiger partial charge >= 0.3 is 5.97 Å². The van der Waals surface area contributed by atoms with Crippen molar-refractivity contribution in [3.63, 3.8) is 0 Å². The second kappa shape index (κ2) is 8.08. The van der Waals surface area contributed by atoms with Crippen molar-refractivity contribution in [2.24, 2.45) is 0 Å². The van der Waals surface area contributed by atoms with Gasteiger partial charge in [-0.1, -0.05) is 0 Å². The first-order chi connectivity index (χ1) is 14.4. The second-order valence-electron chi connectivity index (χ2n) is 7.19. The van der Waals surface area contributed by atoms with E-state index in [1.165, 1.54) is 11.3 Å². The quantitative estimate of drug-likeness (QED) is 0.629. The van der Waals surface area contributed by atoms with Crippen molar-refractivity contribution in [1.82, 2.24) is 14.3 Å². The number of aromatic nitrogens is 2. The number of nitrogens with one attached hydrogen (secondary N) is 1. The molecule has 0 unspecified atom stereocenters. The van der Waals surface area contributed by atoms with Crippen molar-refractivity contribution < 1.29 is 19.1 Å². The monoisotopic (exact) mass is 428 g/mol. The van der Waals surface area contributed by atoms with Gasteiger partial charge in [0.05, 0.1) is 25.0 Å². The molecule has 0 atom stereocenters. The van der Waals surface area contributed by atoms with Crippen LogP contribution in [0.3, 0.4) is 0 Å². The van der Waals surface area contributed by atoms with Crippen LogP contribution in [0.25, 0.3) is 5.65 Å². The fourth-order valence-electron chi connectivity index (χ4n) is 3.79. The van der Waals surface area contributed by atoms with E-state index in [0.717, 1.165) is 30.0 Å². The van der Waals surface area contributed by atoms with Crippen LogP contribution in [0.4, 0.5) is 5.00 Å². The number of aryl methyl sites for hydroxylation is 1. The van der Waals surface area contributed by atoms with Gasteiger partial charge in [0, 0.05) is 24.2 Å². The lowest BCUT2D eigenvalue weighted by Crippen LogP contribution is -2.26. The number of thiophene rings is 1. The number of rotatable bonds is 5. The SMILES string of the molecule is CCOC(=O)c1c(NC(=O)c2c(C)nc3c(OC)cccn23)sc2c1CCN(C)C2. The highest BCUT2D eigenvalue weighted by molar-refractivity contribution is 7.17. The van der Waals surface area contributed by atoms with E-state index in [4.69, 9.17) is 9.47 Å². The minimum absolute atomic E-state index is 0.281. The van der Waals surface area contributed by atoms with Gasteiger partial charge in [0.2, 0.25) is 0 Å². The van der Waals surface area contributed by atoms with Crippen LogP contribution in [-0.2, 0) is 17.7 Å². The topological polar surface area (TPSA) is 85.2 Å². The summed E-state index contributed by atoms with van der Waals surface area (Å²) in [7, 11) is 3.61. The van der Waals surface area contributed by atoms with Crippen LogP contribution in [0.1, 0.15) is 43.9 Å². The fourth-order valence-corrected chi connectivity index (χ4v) is 5.10. The van der Waals surface area contributed by atoms with Crippen LogP contribution in [0.2, 0.25) is 0 Å². The molecule has 0 radical (unpaired) electrons. The Morgan fingerprint density at radius 3 is 2.90 bits per heavy atom. The highest BCUT2D eigenvalue weighted by Crippen LogP contribution is 2.38. The molecule has 1 aliphatic heterocycles. The number of methoxy groups -OCH3 is 1. The molecule has 9 heteroatoms. The minimum Gasteiger partial charge on any atom is -0.493 e. The van der Waals surface area contributed by atoms with E-state index in [0.29, 0.717) is 33.3 Å². The van der Waals surface area contributed by atoms with E-state index in [-0.39, 0.29) is 12.5 Å². The minimum atomic E-state index is -0.397. The maximum Gasteiger partial charge on any atom is 0.341 e. The first-order valence-electron chi connectivity index (χ1n) is 9.77. The largest absolute Gasteiger partial charge is 0.493 e. The Balaban J connectivity index is 1.75. The molecular formula is C21H24N4O4S. The van der Waals surface area contributed by atoms with Gasteiger partial charge in [0.1, 0.15) is 10.7 Å². The van der Waals surface area contributed by atoms with Crippen LogP contribution in [0, 0.1) is 6.92 Å². The van der Waals surface area contributed by atoms with Crippen LogP contribution in [-0.4, -0.2) is 53.5 Å². The third-order valence-electron chi connectivity index (χ3n) is 5.18. The number of carbonyl (C=O) groups is 2. The van der Waals surface area contributed by atoms with Crippen LogP contribution >= 0.6 is 11.3 Å². The van der Waals surface area contributed by atoms with E-state index in [1.807, 2.05) is 7.05 Å². The zero-order valence-corrected chi connectivity index (χ0v) is 18.3. The first kappa shape index (κ1) is 20.4. The van der Waals surface area contributed by atoms with E-state index in [1.54, 1.807) is 43.7 Å². The highest BCUT2D eigenvalue weighted by atomic mass is 32.1. The lowest BCUT2D eigenvalue weighted by molar-refractivity contribution is 0.0526. The van der Waals surface area contributed by atoms with Crippen LogP contribution in [0.15, 0.2) is 18.3 Å². The predicted molar refractivity (Wildman–Crippen MR) is 115 cm³/mol. The number of ether oxygens (including phenoxy) is 2. The molecule has 8 nitrogen and oxygen atoms in total. The average Bonchev–Trinajstić information content (AvgIpc) is 3.23. The van der Waals surface area contributed by atoms with Gasteiger partial charge in [-0.05, 0) is 45.0 Å². The molecule has 4 rings (SSSR count). The summed E-state index contributed by atoms with van der Waals surface area (Å²) in [5.41, 5.74) is 3.00. The summed E-state index contributed by atoms with van der Waals surface area (Å²) in [5, 5.41) is 3.48. The zero-order chi connectivity index (χ0) is 21.4. The molecule has 4 heterocycles. The summed E-state index contributed by atoms with van der Waals surface area (Å²) in [6.07, 6.45) is 2.52. The van der Waals surface area contributed by atoms with Crippen molar-refractivity contribution in [1.29, 1.82) is 0 Å². The van der Waals surface area contributed by atoms with Gasteiger partial charge in [-0.15, -0.1) is 11.3 Å². The Hall–Kier alpha value is -2.91. The third-order valence-corrected chi connectivity index (χ3v) is 6.31. The molecule has 0 bridgehead atoms. The maximum absolute atomic E-state index is 13.3. The Bertz CT molecular complexity index is 1130. The molecule has 1 N–H and O–H groups in total. The Morgan fingerprint density at radius 2 is 2.17 bits per heavy atom. The van der Waals surface area contributed by atoms with Crippen molar-refractivity contribution in [2.45, 2.75) is 26.8 Å². The number of imidazole rings is 1. The number of nitrogens with zero attached hydrogens (tertiary/aromatic N) is 3. The standard InChI is InChI=1S/C21H24N4O4S/c1-5-29-21(27)16-13-8-10-24(3)11-15(13)30-20(16)23-19(26)17-12(2)22-18-14(28-4)7-6-9-25(17)18/h6-7,9H,5,8,10-11H2,1-4H3,(H,23,26). The maximum atomic E-state index is 13.3. The number of esters is 1. The molecule has 0 saturated carbocycles. The highest BCUT2D eigenvalue weighted by Gasteiger charge is 2.29. The molecule has 0 spiro atoms. The first-order valence-corrected chi connectivity index (χ1v) is 10.6. The summed E-state index contributed by atoms with van der Waals surface area (Å²) >= 11 is 1.44. The van der Waals surface area contributed by atoms with Crippen molar-refractivity contribution in [2.75, 3.05) is 32.6 Å². The lowest BCUT2D eigenvalue weighted by atomic mass is 10.0. The average molecular weight is 429 g/mol. The van der Waals surface area contributed by atoms with Gasteiger partial charge in [-0.3, -0.25) is 9.20 Å². The van der Waals surface area contributed by atoms with Gasteiger partial charge < -0.3 is 19.7 Å². The number of likely N-dealkylation sites (N-methyl/N-ethyl adjacent to an activating group) is 1. The summed E-state index contributed by atoms with van der Waals surface area (Å²) in [4.78, 5) is 33.7. The van der Waals surface area contributed by atoms with Gasteiger partial charge in [-0.2, -0.15) is 0 Å². The number of fused-ring (bicyclic) bond motifs is 2. The van der Waals surface area contributed by atoms with Crippen LogP contribution < -0.4 is 10.1 Å². The van der Waals surface area contributed by atoms with E-state index in [2.05, 4.69) is 15.2 Å². The van der Waals surface area contributed by atoms with Crippen molar-refractivity contribution in [3.05, 3.63) is 45.7 Å². The molecule has 3 aromatic rings. The molecule has 0 saturated heterocycles. The number of hydrogen-bond donors (Lipinski definition) is 1. The lowest BCUT2D eigenvalue weighted by Gasteiger charge is -2.22. The number of amides is 1. The number of anilines is 1. The predicted octanol–water partition coefficient (Wildman–Crippen LogP) is 3.13. The summed E-state index contributed by atoms with van der Waals surface area (Å²) < 4.78 is 12.3.